The number of amides is 1. The minimum absolute atomic E-state index is 0.101. The van der Waals surface area contributed by atoms with Crippen molar-refractivity contribution in [2.75, 3.05) is 31.1 Å². The Balaban J connectivity index is 2.09. The van der Waals surface area contributed by atoms with Crippen molar-refractivity contribution in [1.82, 2.24) is 4.90 Å². The lowest BCUT2D eigenvalue weighted by Crippen LogP contribution is -2.50. The molecule has 2 N–H and O–H groups in total. The van der Waals surface area contributed by atoms with Crippen LogP contribution in [0.2, 0.25) is 0 Å². The standard InChI is InChI=1S/C17H24N2O5/c1-17(2,3)24-16(23)19-9-7-18(8-10-19)14-6-4-5-12(15(21)22)13(14)11-20/h4-6,20H,7-11H2,1-3H3,(H,21,22). The molecule has 1 amide bonds. The van der Waals surface area contributed by atoms with Crippen LogP contribution in [-0.4, -0.2) is 59.0 Å². The van der Waals surface area contributed by atoms with Gasteiger partial charge >= 0.3 is 12.1 Å². The van der Waals surface area contributed by atoms with E-state index in [0.717, 1.165) is 0 Å². The number of piperazine rings is 1. The molecule has 1 saturated heterocycles. The van der Waals surface area contributed by atoms with E-state index in [1.54, 1.807) is 17.0 Å². The zero-order valence-corrected chi connectivity index (χ0v) is 14.3. The summed E-state index contributed by atoms with van der Waals surface area (Å²) in [5, 5.41) is 18.8. The van der Waals surface area contributed by atoms with Gasteiger partial charge < -0.3 is 24.7 Å². The van der Waals surface area contributed by atoms with Gasteiger partial charge in [0.1, 0.15) is 5.60 Å². The number of aliphatic hydroxyl groups is 1. The lowest BCUT2D eigenvalue weighted by atomic mass is 10.0. The molecular formula is C17H24N2O5. The average Bonchev–Trinajstić information content (AvgIpc) is 2.52. The highest BCUT2D eigenvalue weighted by atomic mass is 16.6. The molecule has 2 rings (SSSR count). The quantitative estimate of drug-likeness (QED) is 0.876. The van der Waals surface area contributed by atoms with Crippen LogP contribution in [0, 0.1) is 0 Å². The third-order valence-electron chi connectivity index (χ3n) is 3.81. The summed E-state index contributed by atoms with van der Waals surface area (Å²) in [5.41, 5.74) is 0.662. The molecule has 0 saturated carbocycles. The first-order valence-corrected chi connectivity index (χ1v) is 7.92. The second-order valence-electron chi connectivity index (χ2n) is 6.72. The van der Waals surface area contributed by atoms with Crippen molar-refractivity contribution in [3.05, 3.63) is 29.3 Å². The largest absolute Gasteiger partial charge is 0.478 e. The van der Waals surface area contributed by atoms with Crippen LogP contribution in [0.5, 0.6) is 0 Å². The van der Waals surface area contributed by atoms with Gasteiger partial charge in [-0.25, -0.2) is 9.59 Å². The predicted molar refractivity (Wildman–Crippen MR) is 89.3 cm³/mol. The second kappa shape index (κ2) is 7.09. The molecule has 0 unspecified atom stereocenters. The van der Waals surface area contributed by atoms with Crippen LogP contribution < -0.4 is 4.90 Å². The molecule has 7 heteroatoms. The molecule has 0 spiro atoms. The number of rotatable bonds is 3. The molecule has 1 aromatic rings. The Morgan fingerprint density at radius 2 is 1.79 bits per heavy atom. The zero-order chi connectivity index (χ0) is 17.9. The molecule has 1 aliphatic rings. The van der Waals surface area contributed by atoms with Gasteiger partial charge in [0.2, 0.25) is 0 Å². The first kappa shape index (κ1) is 18.1. The fourth-order valence-corrected chi connectivity index (χ4v) is 2.69. The van der Waals surface area contributed by atoms with Gasteiger partial charge in [-0.2, -0.15) is 0 Å². The summed E-state index contributed by atoms with van der Waals surface area (Å²) in [6, 6.07) is 4.94. The van der Waals surface area contributed by atoms with Gasteiger partial charge in [-0.05, 0) is 32.9 Å². The maximum atomic E-state index is 12.1. The number of carboxylic acid groups (broad SMARTS) is 1. The van der Waals surface area contributed by atoms with Crippen molar-refractivity contribution in [3.63, 3.8) is 0 Å². The minimum atomic E-state index is -1.06. The van der Waals surface area contributed by atoms with Crippen LogP contribution in [0.1, 0.15) is 36.7 Å². The van der Waals surface area contributed by atoms with E-state index in [1.807, 2.05) is 25.7 Å². The molecule has 1 aliphatic heterocycles. The van der Waals surface area contributed by atoms with Gasteiger partial charge in [-0.3, -0.25) is 0 Å². The predicted octanol–water partition coefficient (Wildman–Crippen LogP) is 1.93. The Kier molecular flexibility index (Phi) is 5.33. The Morgan fingerprint density at radius 1 is 1.17 bits per heavy atom. The molecule has 0 radical (unpaired) electrons. The normalized spacial score (nSPS) is 15.3. The smallest absolute Gasteiger partial charge is 0.410 e. The monoisotopic (exact) mass is 336 g/mol. The molecule has 1 heterocycles. The Labute approximate surface area is 141 Å². The van der Waals surface area contributed by atoms with E-state index in [2.05, 4.69) is 0 Å². The van der Waals surface area contributed by atoms with E-state index in [4.69, 9.17) is 4.74 Å². The van der Waals surface area contributed by atoms with E-state index in [1.165, 1.54) is 6.07 Å². The van der Waals surface area contributed by atoms with Gasteiger partial charge in [0, 0.05) is 37.4 Å². The molecule has 7 nitrogen and oxygen atoms in total. The number of aromatic carboxylic acids is 1. The first-order valence-electron chi connectivity index (χ1n) is 7.92. The lowest BCUT2D eigenvalue weighted by molar-refractivity contribution is 0.0240. The number of nitrogens with zero attached hydrogens (tertiary/aromatic N) is 2. The first-order chi connectivity index (χ1) is 11.2. The highest BCUT2D eigenvalue weighted by molar-refractivity contribution is 5.91. The molecule has 0 aromatic heterocycles. The van der Waals surface area contributed by atoms with Gasteiger partial charge in [0.25, 0.3) is 0 Å². The summed E-state index contributed by atoms with van der Waals surface area (Å²) in [7, 11) is 0. The number of anilines is 1. The van der Waals surface area contributed by atoms with Gasteiger partial charge in [0.15, 0.2) is 0 Å². The van der Waals surface area contributed by atoms with Crippen LogP contribution in [-0.2, 0) is 11.3 Å². The average molecular weight is 336 g/mol. The topological polar surface area (TPSA) is 90.3 Å². The van der Waals surface area contributed by atoms with E-state index in [0.29, 0.717) is 37.4 Å². The van der Waals surface area contributed by atoms with E-state index >= 15 is 0 Å². The third-order valence-corrected chi connectivity index (χ3v) is 3.81. The Morgan fingerprint density at radius 3 is 2.29 bits per heavy atom. The maximum Gasteiger partial charge on any atom is 0.410 e. The number of hydrogen-bond acceptors (Lipinski definition) is 5. The molecule has 0 aliphatic carbocycles. The number of carboxylic acids is 1. The summed E-state index contributed by atoms with van der Waals surface area (Å²) >= 11 is 0. The Bertz CT molecular complexity index is 616. The van der Waals surface area contributed by atoms with Crippen LogP contribution in [0.3, 0.4) is 0 Å². The third kappa shape index (κ3) is 4.17. The van der Waals surface area contributed by atoms with Crippen LogP contribution in [0.15, 0.2) is 18.2 Å². The van der Waals surface area contributed by atoms with E-state index in [9.17, 15) is 19.8 Å². The highest BCUT2D eigenvalue weighted by Gasteiger charge is 2.27. The van der Waals surface area contributed by atoms with Crippen LogP contribution in [0.4, 0.5) is 10.5 Å². The summed E-state index contributed by atoms with van der Waals surface area (Å²) < 4.78 is 5.36. The van der Waals surface area contributed by atoms with Crippen molar-refractivity contribution >= 4 is 17.7 Å². The van der Waals surface area contributed by atoms with Crippen LogP contribution >= 0.6 is 0 Å². The zero-order valence-electron chi connectivity index (χ0n) is 14.3. The number of carbonyl (C=O) groups is 2. The fraction of sp³-hybridized carbons (Fsp3) is 0.529. The molecule has 1 fully saturated rings. The SMILES string of the molecule is CC(C)(C)OC(=O)N1CCN(c2cccc(C(=O)O)c2CO)CC1. The van der Waals surface area contributed by atoms with Crippen LogP contribution in [0.25, 0.3) is 0 Å². The lowest BCUT2D eigenvalue weighted by Gasteiger charge is -2.37. The molecule has 1 aromatic carbocycles. The van der Waals surface area contributed by atoms with E-state index < -0.39 is 11.6 Å². The summed E-state index contributed by atoms with van der Waals surface area (Å²) in [5.74, 6) is -1.06. The van der Waals surface area contributed by atoms with E-state index in [-0.39, 0.29) is 18.3 Å². The van der Waals surface area contributed by atoms with Gasteiger partial charge in [0.05, 0.1) is 12.2 Å². The van der Waals surface area contributed by atoms with Crippen molar-refractivity contribution in [3.8, 4) is 0 Å². The Hall–Kier alpha value is -2.28. The number of carbonyl (C=O) groups excluding carboxylic acids is 1. The minimum Gasteiger partial charge on any atom is -0.478 e. The summed E-state index contributed by atoms with van der Waals surface area (Å²) in [6.07, 6.45) is -0.344. The van der Waals surface area contributed by atoms with Gasteiger partial charge in [-0.15, -0.1) is 0 Å². The second-order valence-corrected chi connectivity index (χ2v) is 6.72. The molecule has 0 bridgehead atoms. The molecular weight excluding hydrogens is 312 g/mol. The van der Waals surface area contributed by atoms with Crippen molar-refractivity contribution in [1.29, 1.82) is 0 Å². The van der Waals surface area contributed by atoms with Gasteiger partial charge in [-0.1, -0.05) is 6.07 Å². The maximum absolute atomic E-state index is 12.1. The molecule has 24 heavy (non-hydrogen) atoms. The van der Waals surface area contributed by atoms with Crippen molar-refractivity contribution < 1.29 is 24.5 Å². The fourth-order valence-electron chi connectivity index (χ4n) is 2.69. The molecule has 132 valence electrons. The highest BCUT2D eigenvalue weighted by Crippen LogP contribution is 2.26. The number of hydrogen-bond donors (Lipinski definition) is 2. The summed E-state index contributed by atoms with van der Waals surface area (Å²) in [6.45, 7) is 7.20. The van der Waals surface area contributed by atoms with Crippen molar-refractivity contribution in [2.45, 2.75) is 33.0 Å². The number of benzene rings is 1. The summed E-state index contributed by atoms with van der Waals surface area (Å²) in [4.78, 5) is 27.0. The number of aliphatic hydroxyl groups excluding tert-OH is 1. The molecule has 0 atom stereocenters. The number of ether oxygens (including phenoxy) is 1. The van der Waals surface area contributed by atoms with Crippen molar-refractivity contribution in [2.24, 2.45) is 0 Å².